The summed E-state index contributed by atoms with van der Waals surface area (Å²) in [6, 6.07) is 0. The minimum Gasteiger partial charge on any atom is -0.479 e. The van der Waals surface area contributed by atoms with Crippen molar-refractivity contribution in [3.63, 3.8) is 0 Å². The summed E-state index contributed by atoms with van der Waals surface area (Å²) < 4.78 is 1.82. The Kier molecular flexibility index (Phi) is 2.42. The van der Waals surface area contributed by atoms with Gasteiger partial charge in [0.2, 0.25) is 0 Å². The third kappa shape index (κ3) is 1.64. The van der Waals surface area contributed by atoms with Gasteiger partial charge < -0.3 is 9.67 Å². The van der Waals surface area contributed by atoms with Crippen LogP contribution in [0.5, 0.6) is 0 Å². The van der Waals surface area contributed by atoms with Crippen molar-refractivity contribution in [2.45, 2.75) is 56.4 Å². The summed E-state index contributed by atoms with van der Waals surface area (Å²) in [7, 11) is 0. The third-order valence-corrected chi connectivity index (χ3v) is 4.13. The number of hydrogen-bond acceptors (Lipinski definition) is 3. The third-order valence-electron chi connectivity index (χ3n) is 4.13. The molecule has 2 aliphatic carbocycles. The van der Waals surface area contributed by atoms with Gasteiger partial charge in [-0.25, -0.2) is 4.79 Å². The van der Waals surface area contributed by atoms with E-state index in [1.165, 1.54) is 19.3 Å². The van der Waals surface area contributed by atoms with E-state index in [0.29, 0.717) is 18.8 Å². The van der Waals surface area contributed by atoms with Crippen LogP contribution in [-0.4, -0.2) is 25.8 Å². The molecule has 92 valence electrons. The fourth-order valence-corrected chi connectivity index (χ4v) is 2.89. The summed E-state index contributed by atoms with van der Waals surface area (Å²) >= 11 is 0. The lowest BCUT2D eigenvalue weighted by molar-refractivity contribution is -0.142. The molecule has 1 aromatic rings. The second-order valence-electron chi connectivity index (χ2n) is 5.23. The molecular formula is C12H17N3O2. The zero-order valence-electron chi connectivity index (χ0n) is 9.80. The first-order valence-electron chi connectivity index (χ1n) is 6.38. The Morgan fingerprint density at radius 2 is 2.06 bits per heavy atom. The maximum atomic E-state index is 11.3. The van der Waals surface area contributed by atoms with E-state index in [2.05, 4.69) is 10.2 Å². The van der Waals surface area contributed by atoms with Crippen LogP contribution in [0.15, 0.2) is 6.33 Å². The lowest BCUT2D eigenvalue weighted by Crippen LogP contribution is -2.29. The Hall–Kier alpha value is -1.39. The first-order valence-corrected chi connectivity index (χ1v) is 6.38. The molecule has 0 aromatic carbocycles. The van der Waals surface area contributed by atoms with Crippen molar-refractivity contribution in [3.05, 3.63) is 12.2 Å². The number of hydrogen-bond donors (Lipinski definition) is 1. The number of carboxylic acid groups (broad SMARTS) is 1. The molecule has 0 bridgehead atoms. The highest BCUT2D eigenvalue weighted by molar-refractivity contribution is 5.80. The molecule has 5 heteroatoms. The smallest absolute Gasteiger partial charge is 0.329 e. The molecule has 0 saturated heterocycles. The molecular weight excluding hydrogens is 218 g/mol. The summed E-state index contributed by atoms with van der Waals surface area (Å²) in [5.74, 6) is 0.557. The minimum absolute atomic E-state index is 0.406. The molecule has 1 N–H and O–H groups in total. The van der Waals surface area contributed by atoms with Crippen LogP contribution in [0.2, 0.25) is 0 Å². The molecule has 17 heavy (non-hydrogen) atoms. The van der Waals surface area contributed by atoms with Gasteiger partial charge in [0.15, 0.2) is 0 Å². The standard InChI is InChI=1S/C12H17N3O2/c16-11(17)12(6-7-12)15-8-13-14-10(15)9-4-2-1-3-5-9/h8-9H,1-7H2,(H,16,17). The maximum Gasteiger partial charge on any atom is 0.329 e. The zero-order chi connectivity index (χ0) is 11.9. The van der Waals surface area contributed by atoms with Crippen molar-refractivity contribution in [3.8, 4) is 0 Å². The average molecular weight is 235 g/mol. The monoisotopic (exact) mass is 235 g/mol. The lowest BCUT2D eigenvalue weighted by atomic mass is 9.88. The van der Waals surface area contributed by atoms with Gasteiger partial charge in [-0.05, 0) is 25.7 Å². The van der Waals surface area contributed by atoms with Crippen molar-refractivity contribution in [1.29, 1.82) is 0 Å². The largest absolute Gasteiger partial charge is 0.479 e. The number of rotatable bonds is 3. The van der Waals surface area contributed by atoms with E-state index in [9.17, 15) is 9.90 Å². The van der Waals surface area contributed by atoms with Crippen LogP contribution in [-0.2, 0) is 10.3 Å². The molecule has 5 nitrogen and oxygen atoms in total. The lowest BCUT2D eigenvalue weighted by Gasteiger charge is -2.23. The molecule has 0 atom stereocenters. The van der Waals surface area contributed by atoms with E-state index in [-0.39, 0.29) is 0 Å². The van der Waals surface area contributed by atoms with Gasteiger partial charge in [-0.1, -0.05) is 19.3 Å². The van der Waals surface area contributed by atoms with Gasteiger partial charge >= 0.3 is 5.97 Å². The van der Waals surface area contributed by atoms with Crippen LogP contribution < -0.4 is 0 Å². The first-order chi connectivity index (χ1) is 8.24. The van der Waals surface area contributed by atoms with E-state index in [1.54, 1.807) is 6.33 Å². The Balaban J connectivity index is 1.91. The minimum atomic E-state index is -0.741. The highest BCUT2D eigenvalue weighted by atomic mass is 16.4. The van der Waals surface area contributed by atoms with Crippen LogP contribution in [0.1, 0.15) is 56.7 Å². The van der Waals surface area contributed by atoms with E-state index in [0.717, 1.165) is 18.7 Å². The predicted octanol–water partition coefficient (Wildman–Crippen LogP) is 1.90. The summed E-state index contributed by atoms with van der Waals surface area (Å²) in [5.41, 5.74) is -0.726. The van der Waals surface area contributed by atoms with Crippen molar-refractivity contribution < 1.29 is 9.90 Å². The van der Waals surface area contributed by atoms with Gasteiger partial charge in [-0.3, -0.25) is 0 Å². The molecule has 1 heterocycles. The molecule has 2 fully saturated rings. The summed E-state index contributed by atoms with van der Waals surface area (Å²) in [6.07, 6.45) is 8.98. The van der Waals surface area contributed by atoms with E-state index >= 15 is 0 Å². The fraction of sp³-hybridized carbons (Fsp3) is 0.750. The van der Waals surface area contributed by atoms with Crippen LogP contribution in [0.4, 0.5) is 0 Å². The number of nitrogens with zero attached hydrogens (tertiary/aromatic N) is 3. The second-order valence-corrected chi connectivity index (χ2v) is 5.23. The molecule has 3 rings (SSSR count). The number of aliphatic carboxylic acids is 1. The van der Waals surface area contributed by atoms with Crippen LogP contribution >= 0.6 is 0 Å². The van der Waals surface area contributed by atoms with Crippen LogP contribution in [0.3, 0.4) is 0 Å². The van der Waals surface area contributed by atoms with E-state index in [4.69, 9.17) is 0 Å². The van der Waals surface area contributed by atoms with Gasteiger partial charge in [-0.2, -0.15) is 0 Å². The van der Waals surface area contributed by atoms with Crippen molar-refractivity contribution in [1.82, 2.24) is 14.8 Å². The van der Waals surface area contributed by atoms with Crippen molar-refractivity contribution >= 4 is 5.97 Å². The van der Waals surface area contributed by atoms with Gasteiger partial charge in [0.25, 0.3) is 0 Å². The highest BCUT2D eigenvalue weighted by Gasteiger charge is 2.53. The Morgan fingerprint density at radius 1 is 1.35 bits per heavy atom. The molecule has 2 aliphatic rings. The molecule has 0 spiro atoms. The first kappa shape index (κ1) is 10.7. The van der Waals surface area contributed by atoms with Crippen LogP contribution in [0, 0.1) is 0 Å². The highest BCUT2D eigenvalue weighted by Crippen LogP contribution is 2.46. The summed E-state index contributed by atoms with van der Waals surface area (Å²) in [6.45, 7) is 0. The van der Waals surface area contributed by atoms with Gasteiger partial charge in [0.05, 0.1) is 0 Å². The normalized spacial score (nSPS) is 23.5. The Morgan fingerprint density at radius 3 is 2.65 bits per heavy atom. The SMILES string of the molecule is O=C(O)C1(n2cnnc2C2CCCCC2)CC1. The molecule has 0 unspecified atom stereocenters. The molecule has 2 saturated carbocycles. The quantitative estimate of drug-likeness (QED) is 0.868. The van der Waals surface area contributed by atoms with E-state index < -0.39 is 11.5 Å². The van der Waals surface area contributed by atoms with Crippen molar-refractivity contribution in [2.75, 3.05) is 0 Å². The van der Waals surface area contributed by atoms with E-state index in [1.807, 2.05) is 4.57 Å². The molecule has 0 radical (unpaired) electrons. The van der Waals surface area contributed by atoms with Gasteiger partial charge in [0, 0.05) is 5.92 Å². The topological polar surface area (TPSA) is 68.0 Å². The number of carbonyl (C=O) groups is 1. The summed E-state index contributed by atoms with van der Waals surface area (Å²) in [4.78, 5) is 11.3. The van der Waals surface area contributed by atoms with Gasteiger partial charge in [-0.15, -0.1) is 10.2 Å². The Labute approximate surface area is 99.9 Å². The maximum absolute atomic E-state index is 11.3. The zero-order valence-corrected chi connectivity index (χ0v) is 9.80. The average Bonchev–Trinajstić information content (AvgIpc) is 3.02. The molecule has 0 aliphatic heterocycles. The molecule has 0 amide bonds. The molecule has 1 aromatic heterocycles. The number of aromatic nitrogens is 3. The van der Waals surface area contributed by atoms with Gasteiger partial charge in [0.1, 0.15) is 17.7 Å². The predicted molar refractivity (Wildman–Crippen MR) is 60.7 cm³/mol. The summed E-state index contributed by atoms with van der Waals surface area (Å²) in [5, 5.41) is 17.4. The fourth-order valence-electron chi connectivity index (χ4n) is 2.89. The second kappa shape index (κ2) is 3.82. The Bertz CT molecular complexity index is 431. The number of carboxylic acids is 1. The van der Waals surface area contributed by atoms with Crippen molar-refractivity contribution in [2.24, 2.45) is 0 Å². The van der Waals surface area contributed by atoms with Crippen LogP contribution in [0.25, 0.3) is 0 Å².